The van der Waals surface area contributed by atoms with Gasteiger partial charge in [0, 0.05) is 23.9 Å². The van der Waals surface area contributed by atoms with Gasteiger partial charge in [-0.05, 0) is 56.2 Å². The summed E-state index contributed by atoms with van der Waals surface area (Å²) in [6.07, 6.45) is 0.509. The molecule has 9 heteroatoms. The van der Waals surface area contributed by atoms with Crippen LogP contribution in [0.1, 0.15) is 22.4 Å². The molecule has 0 amide bonds. The molecule has 4 aromatic rings. The zero-order chi connectivity index (χ0) is 22.2. The van der Waals surface area contributed by atoms with E-state index in [1.807, 2.05) is 62.5 Å². The predicted octanol–water partition coefficient (Wildman–Crippen LogP) is 3.91. The molecule has 2 heterocycles. The SMILES string of the molecule is COc1ccc(-c2nc3scc(CCNS(=O)(=O)c4c(C)cc(C)cc4C)n3n2)cc1. The number of rotatable bonds is 7. The van der Waals surface area contributed by atoms with Crippen molar-refractivity contribution in [1.29, 1.82) is 0 Å². The van der Waals surface area contributed by atoms with E-state index >= 15 is 0 Å². The highest BCUT2D eigenvalue weighted by Crippen LogP contribution is 2.24. The molecule has 2 aromatic heterocycles. The topological polar surface area (TPSA) is 85.6 Å². The number of fused-ring (bicyclic) bond motifs is 1. The number of hydrogen-bond donors (Lipinski definition) is 1. The Morgan fingerprint density at radius 1 is 1.10 bits per heavy atom. The third kappa shape index (κ3) is 4.34. The number of aromatic nitrogens is 3. The summed E-state index contributed by atoms with van der Waals surface area (Å²) in [7, 11) is -1.97. The molecular weight excluding hydrogens is 432 g/mol. The molecule has 7 nitrogen and oxygen atoms in total. The van der Waals surface area contributed by atoms with Gasteiger partial charge in [-0.1, -0.05) is 17.7 Å². The molecule has 0 unspecified atom stereocenters. The largest absolute Gasteiger partial charge is 0.497 e. The lowest BCUT2D eigenvalue weighted by Gasteiger charge is -2.13. The molecule has 162 valence electrons. The predicted molar refractivity (Wildman–Crippen MR) is 122 cm³/mol. The van der Waals surface area contributed by atoms with E-state index in [9.17, 15) is 8.42 Å². The van der Waals surface area contributed by atoms with Crippen LogP contribution in [0.25, 0.3) is 16.3 Å². The minimum atomic E-state index is -3.59. The summed E-state index contributed by atoms with van der Waals surface area (Å²) in [5.74, 6) is 1.40. The molecule has 0 spiro atoms. The summed E-state index contributed by atoms with van der Waals surface area (Å²) in [5.41, 5.74) is 4.36. The van der Waals surface area contributed by atoms with Gasteiger partial charge in [-0.15, -0.1) is 16.4 Å². The van der Waals surface area contributed by atoms with Crippen LogP contribution < -0.4 is 9.46 Å². The van der Waals surface area contributed by atoms with Gasteiger partial charge in [0.2, 0.25) is 15.0 Å². The van der Waals surface area contributed by atoms with Crippen molar-refractivity contribution in [1.82, 2.24) is 19.3 Å². The van der Waals surface area contributed by atoms with Gasteiger partial charge in [-0.2, -0.15) is 4.98 Å². The molecular formula is C22H24N4O3S2. The Labute approximate surface area is 185 Å². The summed E-state index contributed by atoms with van der Waals surface area (Å²) >= 11 is 1.49. The fraction of sp³-hybridized carbons (Fsp3) is 0.273. The molecule has 4 rings (SSSR count). The van der Waals surface area contributed by atoms with E-state index in [1.165, 1.54) is 11.3 Å². The fourth-order valence-electron chi connectivity index (χ4n) is 3.74. The number of hydrogen-bond acceptors (Lipinski definition) is 6. The lowest BCUT2D eigenvalue weighted by Crippen LogP contribution is -2.27. The Bertz CT molecular complexity index is 1320. The summed E-state index contributed by atoms with van der Waals surface area (Å²) < 4.78 is 35.4. The van der Waals surface area contributed by atoms with E-state index in [-0.39, 0.29) is 6.54 Å². The summed E-state index contributed by atoms with van der Waals surface area (Å²) in [5, 5.41) is 6.57. The van der Waals surface area contributed by atoms with Crippen molar-refractivity contribution >= 4 is 26.3 Å². The van der Waals surface area contributed by atoms with Gasteiger partial charge in [-0.25, -0.2) is 17.7 Å². The first kappa shape index (κ1) is 21.5. The third-order valence-corrected chi connectivity index (χ3v) is 7.68. The minimum Gasteiger partial charge on any atom is -0.497 e. The minimum absolute atomic E-state index is 0.276. The molecule has 0 saturated carbocycles. The van der Waals surface area contributed by atoms with E-state index in [4.69, 9.17) is 4.74 Å². The second-order valence-corrected chi connectivity index (χ2v) is 10.0. The second kappa shape index (κ2) is 8.41. The van der Waals surface area contributed by atoms with Crippen LogP contribution in [0, 0.1) is 20.8 Å². The fourth-order valence-corrected chi connectivity index (χ4v) is 6.07. The number of methoxy groups -OCH3 is 1. The van der Waals surface area contributed by atoms with Gasteiger partial charge in [0.1, 0.15) is 5.75 Å². The molecule has 0 atom stereocenters. The van der Waals surface area contributed by atoms with E-state index in [0.717, 1.165) is 38.7 Å². The molecule has 2 aromatic carbocycles. The summed E-state index contributed by atoms with van der Waals surface area (Å²) in [6.45, 7) is 5.89. The van der Waals surface area contributed by atoms with Crippen LogP contribution in [0.2, 0.25) is 0 Å². The quantitative estimate of drug-likeness (QED) is 0.456. The van der Waals surface area contributed by atoms with E-state index < -0.39 is 10.0 Å². The van der Waals surface area contributed by atoms with Crippen LogP contribution in [-0.4, -0.2) is 36.7 Å². The zero-order valence-corrected chi connectivity index (χ0v) is 19.5. The molecule has 0 aliphatic carbocycles. The molecule has 0 saturated heterocycles. The smallest absolute Gasteiger partial charge is 0.241 e. The first-order chi connectivity index (χ1) is 14.8. The average Bonchev–Trinajstić information content (AvgIpc) is 3.28. The van der Waals surface area contributed by atoms with E-state index in [0.29, 0.717) is 17.1 Å². The van der Waals surface area contributed by atoms with Gasteiger partial charge >= 0.3 is 0 Å². The summed E-state index contributed by atoms with van der Waals surface area (Å²) in [6, 6.07) is 11.3. The molecule has 1 N–H and O–H groups in total. The lowest BCUT2D eigenvalue weighted by atomic mass is 10.1. The lowest BCUT2D eigenvalue weighted by molar-refractivity contribution is 0.415. The first-order valence-electron chi connectivity index (χ1n) is 9.83. The highest BCUT2D eigenvalue weighted by atomic mass is 32.2. The van der Waals surface area contributed by atoms with Gasteiger partial charge in [0.15, 0.2) is 5.82 Å². The average molecular weight is 457 g/mol. The molecule has 0 bridgehead atoms. The third-order valence-electron chi connectivity index (χ3n) is 5.04. The normalized spacial score (nSPS) is 11.9. The number of benzene rings is 2. The number of aryl methyl sites for hydroxylation is 3. The van der Waals surface area contributed by atoms with Crippen LogP contribution in [0.15, 0.2) is 46.7 Å². The maximum atomic E-state index is 12.9. The number of thiazole rings is 1. The van der Waals surface area contributed by atoms with Crippen LogP contribution >= 0.6 is 11.3 Å². The van der Waals surface area contributed by atoms with Crippen LogP contribution in [0.3, 0.4) is 0 Å². The van der Waals surface area contributed by atoms with Gasteiger partial charge in [-0.3, -0.25) is 0 Å². The Morgan fingerprint density at radius 2 is 1.77 bits per heavy atom. The Kier molecular flexibility index (Phi) is 5.83. The maximum absolute atomic E-state index is 12.9. The van der Waals surface area contributed by atoms with E-state index in [1.54, 1.807) is 11.6 Å². The van der Waals surface area contributed by atoms with Crippen LogP contribution in [0.5, 0.6) is 5.75 Å². The van der Waals surface area contributed by atoms with Gasteiger partial charge < -0.3 is 4.74 Å². The second-order valence-electron chi connectivity index (χ2n) is 7.46. The number of sulfonamides is 1. The molecule has 0 fully saturated rings. The van der Waals surface area contributed by atoms with Crippen molar-refractivity contribution in [3.05, 3.63) is 64.2 Å². The summed E-state index contributed by atoms with van der Waals surface area (Å²) in [4.78, 5) is 5.72. The van der Waals surface area contributed by atoms with Crippen molar-refractivity contribution in [2.45, 2.75) is 32.1 Å². The maximum Gasteiger partial charge on any atom is 0.241 e. The van der Waals surface area contributed by atoms with Gasteiger partial charge in [0.25, 0.3) is 0 Å². The van der Waals surface area contributed by atoms with Crippen molar-refractivity contribution in [3.63, 3.8) is 0 Å². The highest BCUT2D eigenvalue weighted by molar-refractivity contribution is 7.89. The number of nitrogens with one attached hydrogen (secondary N) is 1. The first-order valence-corrected chi connectivity index (χ1v) is 12.2. The highest BCUT2D eigenvalue weighted by Gasteiger charge is 2.20. The standard InChI is InChI=1S/C22H24N4O3S2/c1-14-11-15(2)20(16(3)12-14)31(27,28)23-10-9-18-13-30-22-24-21(25-26(18)22)17-5-7-19(29-4)8-6-17/h5-8,11-13,23H,9-10H2,1-4H3. The van der Waals surface area contributed by atoms with Crippen LogP contribution in [0.4, 0.5) is 0 Å². The molecule has 0 radical (unpaired) electrons. The Morgan fingerprint density at radius 3 is 2.42 bits per heavy atom. The van der Waals surface area contributed by atoms with Crippen molar-refractivity contribution in [2.75, 3.05) is 13.7 Å². The molecule has 0 aliphatic rings. The van der Waals surface area contributed by atoms with Crippen molar-refractivity contribution < 1.29 is 13.2 Å². The van der Waals surface area contributed by atoms with E-state index in [2.05, 4.69) is 14.8 Å². The van der Waals surface area contributed by atoms with Crippen molar-refractivity contribution in [2.24, 2.45) is 0 Å². The van der Waals surface area contributed by atoms with Gasteiger partial charge in [0.05, 0.1) is 17.7 Å². The molecule has 31 heavy (non-hydrogen) atoms. The number of ether oxygens (including phenoxy) is 1. The molecule has 0 aliphatic heterocycles. The van der Waals surface area contributed by atoms with Crippen LogP contribution in [-0.2, 0) is 16.4 Å². The number of nitrogens with zero attached hydrogens (tertiary/aromatic N) is 3. The zero-order valence-electron chi connectivity index (χ0n) is 17.8. The Hall–Kier alpha value is -2.75. The monoisotopic (exact) mass is 456 g/mol. The van der Waals surface area contributed by atoms with Crippen molar-refractivity contribution in [3.8, 4) is 17.1 Å². The Balaban J connectivity index is 1.50.